The predicted molar refractivity (Wildman–Crippen MR) is 108 cm³/mol. The summed E-state index contributed by atoms with van der Waals surface area (Å²) in [6.45, 7) is 2.55. The van der Waals surface area contributed by atoms with Crippen LogP contribution in [-0.4, -0.2) is 16.7 Å². The van der Waals surface area contributed by atoms with Gasteiger partial charge in [0.15, 0.2) is 0 Å². The number of fused-ring (bicyclic) bond motifs is 1. The van der Waals surface area contributed by atoms with Crippen molar-refractivity contribution in [2.24, 2.45) is 0 Å². The molecule has 4 nitrogen and oxygen atoms in total. The Morgan fingerprint density at radius 2 is 1.89 bits per heavy atom. The molecule has 27 heavy (non-hydrogen) atoms. The van der Waals surface area contributed by atoms with Gasteiger partial charge >= 0.3 is 0 Å². The minimum atomic E-state index is -0.268. The summed E-state index contributed by atoms with van der Waals surface area (Å²) in [5, 5.41) is 4.93. The van der Waals surface area contributed by atoms with Crippen molar-refractivity contribution >= 4 is 28.8 Å². The van der Waals surface area contributed by atoms with Crippen LogP contribution in [0.2, 0.25) is 0 Å². The largest absolute Gasteiger partial charge is 0.326 e. The van der Waals surface area contributed by atoms with E-state index in [0.717, 1.165) is 27.3 Å². The number of hydrogen-bond acceptors (Lipinski definition) is 3. The van der Waals surface area contributed by atoms with Crippen molar-refractivity contribution in [3.05, 3.63) is 87.6 Å². The summed E-state index contributed by atoms with van der Waals surface area (Å²) in [4.78, 5) is 28.4. The van der Waals surface area contributed by atoms with E-state index in [1.165, 1.54) is 0 Å². The lowest BCUT2D eigenvalue weighted by atomic mass is 10.1. The van der Waals surface area contributed by atoms with Crippen LogP contribution in [0.4, 0.5) is 5.69 Å². The number of carbonyl (C=O) groups is 2. The smallest absolute Gasteiger partial charge is 0.255 e. The number of nitrogens with one attached hydrogen (secondary N) is 1. The Hall–Kier alpha value is -2.92. The molecule has 4 rings (SSSR count). The molecule has 1 aliphatic heterocycles. The molecule has 0 spiro atoms. The Morgan fingerprint density at radius 1 is 1.11 bits per heavy atom. The van der Waals surface area contributed by atoms with Gasteiger partial charge < -0.3 is 10.2 Å². The van der Waals surface area contributed by atoms with E-state index in [4.69, 9.17) is 0 Å². The minimum absolute atomic E-state index is 0.00728. The number of nitrogens with zero attached hydrogens (tertiary/aromatic N) is 1. The second kappa shape index (κ2) is 7.37. The van der Waals surface area contributed by atoms with E-state index in [-0.39, 0.29) is 24.3 Å². The molecular formula is C22H20N2O2S. The average molecular weight is 376 g/mol. The molecule has 1 unspecified atom stereocenters. The number of thiophene rings is 1. The zero-order valence-electron chi connectivity index (χ0n) is 15.0. The van der Waals surface area contributed by atoms with E-state index in [1.54, 1.807) is 11.3 Å². The van der Waals surface area contributed by atoms with E-state index < -0.39 is 0 Å². The molecule has 5 heteroatoms. The van der Waals surface area contributed by atoms with Gasteiger partial charge in [-0.25, -0.2) is 0 Å². The first-order valence-corrected chi connectivity index (χ1v) is 9.78. The van der Waals surface area contributed by atoms with Crippen LogP contribution < -0.4 is 5.32 Å². The van der Waals surface area contributed by atoms with Gasteiger partial charge in [0.25, 0.3) is 5.91 Å². The molecule has 2 aromatic carbocycles. The van der Waals surface area contributed by atoms with Gasteiger partial charge in [-0.2, -0.15) is 0 Å². The minimum Gasteiger partial charge on any atom is -0.326 e. The lowest BCUT2D eigenvalue weighted by molar-refractivity contribution is -0.117. The first kappa shape index (κ1) is 17.5. The van der Waals surface area contributed by atoms with Crippen LogP contribution in [0.1, 0.15) is 38.8 Å². The number of anilines is 1. The summed E-state index contributed by atoms with van der Waals surface area (Å²) in [7, 11) is 0. The SMILES string of the molecule is Cc1ccc(NC(=O)CC(c2cccs2)N2Cc3ccccc3C2=O)cc1. The Morgan fingerprint density at radius 3 is 2.59 bits per heavy atom. The maximum atomic E-state index is 12.9. The third-order valence-corrected chi connectivity index (χ3v) is 5.78. The number of hydrogen-bond donors (Lipinski definition) is 1. The van der Waals surface area contributed by atoms with Crippen LogP contribution >= 0.6 is 11.3 Å². The van der Waals surface area contributed by atoms with Crippen molar-refractivity contribution in [2.45, 2.75) is 25.9 Å². The second-order valence-electron chi connectivity index (χ2n) is 6.74. The summed E-state index contributed by atoms with van der Waals surface area (Å²) < 4.78 is 0. The summed E-state index contributed by atoms with van der Waals surface area (Å²) in [5.74, 6) is -0.104. The van der Waals surface area contributed by atoms with E-state index in [9.17, 15) is 9.59 Å². The molecule has 0 bridgehead atoms. The quantitative estimate of drug-likeness (QED) is 0.696. The van der Waals surface area contributed by atoms with Gasteiger partial charge in [0, 0.05) is 22.7 Å². The summed E-state index contributed by atoms with van der Waals surface area (Å²) in [6, 6.07) is 19.1. The van der Waals surface area contributed by atoms with E-state index in [0.29, 0.717) is 6.54 Å². The fourth-order valence-corrected chi connectivity index (χ4v) is 4.24. The Labute approximate surface area is 162 Å². The fraction of sp³-hybridized carbons (Fsp3) is 0.182. The van der Waals surface area contributed by atoms with Gasteiger partial charge in [-0.1, -0.05) is 42.0 Å². The Kier molecular flexibility index (Phi) is 4.77. The van der Waals surface area contributed by atoms with E-state index >= 15 is 0 Å². The number of benzene rings is 2. The van der Waals surface area contributed by atoms with Crippen molar-refractivity contribution in [3.63, 3.8) is 0 Å². The highest BCUT2D eigenvalue weighted by molar-refractivity contribution is 7.10. The first-order chi connectivity index (χ1) is 13.1. The number of aryl methyl sites for hydroxylation is 1. The maximum Gasteiger partial charge on any atom is 0.255 e. The Bertz CT molecular complexity index is 964. The van der Waals surface area contributed by atoms with E-state index in [1.807, 2.05) is 77.9 Å². The molecule has 0 saturated carbocycles. The van der Waals surface area contributed by atoms with Crippen LogP contribution in [0.5, 0.6) is 0 Å². The highest BCUT2D eigenvalue weighted by Gasteiger charge is 2.34. The maximum absolute atomic E-state index is 12.9. The summed E-state index contributed by atoms with van der Waals surface area (Å²) >= 11 is 1.57. The van der Waals surface area contributed by atoms with Gasteiger partial charge in [-0.05, 0) is 42.1 Å². The van der Waals surface area contributed by atoms with Crippen molar-refractivity contribution < 1.29 is 9.59 Å². The topological polar surface area (TPSA) is 49.4 Å². The Balaban J connectivity index is 1.55. The zero-order valence-corrected chi connectivity index (χ0v) is 15.8. The zero-order chi connectivity index (χ0) is 18.8. The van der Waals surface area contributed by atoms with Gasteiger partial charge in [0.05, 0.1) is 12.5 Å². The van der Waals surface area contributed by atoms with Crippen LogP contribution in [0.25, 0.3) is 0 Å². The molecule has 0 saturated heterocycles. The van der Waals surface area contributed by atoms with Crippen LogP contribution in [0.15, 0.2) is 66.0 Å². The third kappa shape index (κ3) is 3.64. The summed E-state index contributed by atoms with van der Waals surface area (Å²) in [5.41, 5.74) is 3.66. The van der Waals surface area contributed by atoms with Gasteiger partial charge in [-0.3, -0.25) is 9.59 Å². The van der Waals surface area contributed by atoms with E-state index in [2.05, 4.69) is 5.32 Å². The molecule has 1 aromatic heterocycles. The van der Waals surface area contributed by atoms with Crippen LogP contribution in [0, 0.1) is 6.92 Å². The molecular weight excluding hydrogens is 356 g/mol. The lowest BCUT2D eigenvalue weighted by Gasteiger charge is -2.26. The molecule has 0 aliphatic carbocycles. The molecule has 136 valence electrons. The molecule has 1 atom stereocenters. The van der Waals surface area contributed by atoms with Gasteiger partial charge in [0.2, 0.25) is 5.91 Å². The molecule has 0 radical (unpaired) electrons. The molecule has 2 heterocycles. The van der Waals surface area contributed by atoms with Crippen molar-refractivity contribution in [1.82, 2.24) is 4.90 Å². The number of rotatable bonds is 5. The molecule has 1 aliphatic rings. The molecule has 0 fully saturated rings. The number of carbonyl (C=O) groups excluding carboxylic acids is 2. The molecule has 1 N–H and O–H groups in total. The summed E-state index contributed by atoms with van der Waals surface area (Å²) in [6.07, 6.45) is 0.230. The standard InChI is InChI=1S/C22H20N2O2S/c1-15-8-10-17(11-9-15)23-21(25)13-19(20-7-4-12-27-20)24-14-16-5-2-3-6-18(16)22(24)26/h2-12,19H,13-14H2,1H3,(H,23,25). The van der Waals surface area contributed by atoms with Gasteiger partial charge in [-0.15, -0.1) is 11.3 Å². The van der Waals surface area contributed by atoms with Crippen molar-refractivity contribution in [2.75, 3.05) is 5.32 Å². The monoisotopic (exact) mass is 376 g/mol. The number of amides is 2. The first-order valence-electron chi connectivity index (χ1n) is 8.90. The van der Waals surface area contributed by atoms with Crippen molar-refractivity contribution in [3.8, 4) is 0 Å². The predicted octanol–water partition coefficient (Wildman–Crippen LogP) is 4.78. The van der Waals surface area contributed by atoms with Crippen LogP contribution in [-0.2, 0) is 11.3 Å². The molecule has 3 aromatic rings. The molecule has 2 amide bonds. The highest BCUT2D eigenvalue weighted by Crippen LogP contribution is 2.35. The lowest BCUT2D eigenvalue weighted by Crippen LogP contribution is -2.31. The van der Waals surface area contributed by atoms with Gasteiger partial charge in [0.1, 0.15) is 0 Å². The van der Waals surface area contributed by atoms with Crippen LogP contribution in [0.3, 0.4) is 0 Å². The average Bonchev–Trinajstić information content (AvgIpc) is 3.31. The third-order valence-electron chi connectivity index (χ3n) is 4.81. The second-order valence-corrected chi connectivity index (χ2v) is 7.72. The fourth-order valence-electron chi connectivity index (χ4n) is 3.40. The normalized spacial score (nSPS) is 14.1. The highest BCUT2D eigenvalue weighted by atomic mass is 32.1. The van der Waals surface area contributed by atoms with Crippen molar-refractivity contribution in [1.29, 1.82) is 0 Å².